The Kier molecular flexibility index (Phi) is 4.27. The summed E-state index contributed by atoms with van der Waals surface area (Å²) in [6, 6.07) is 9.03. The van der Waals surface area contributed by atoms with E-state index in [0.717, 1.165) is 18.8 Å². The molecule has 1 aromatic carbocycles. The maximum Gasteiger partial charge on any atom is 0.0730 e. The van der Waals surface area contributed by atoms with E-state index in [4.69, 9.17) is 10.5 Å². The second-order valence-corrected chi connectivity index (χ2v) is 6.30. The number of fused-ring (bicyclic) bond motifs is 1. The summed E-state index contributed by atoms with van der Waals surface area (Å²) < 4.78 is 5.88. The summed E-state index contributed by atoms with van der Waals surface area (Å²) in [6.45, 7) is 5.53. The Labute approximate surface area is 122 Å². The van der Waals surface area contributed by atoms with E-state index < -0.39 is 0 Å². The first-order valence-electron chi connectivity index (χ1n) is 7.95. The number of rotatable bonds is 4. The van der Waals surface area contributed by atoms with Crippen LogP contribution in [-0.4, -0.2) is 36.7 Å². The van der Waals surface area contributed by atoms with Gasteiger partial charge in [-0.15, -0.1) is 0 Å². The lowest BCUT2D eigenvalue weighted by Gasteiger charge is -2.38. The number of benzene rings is 1. The van der Waals surface area contributed by atoms with Crippen molar-refractivity contribution in [1.29, 1.82) is 0 Å². The fraction of sp³-hybridized carbons (Fsp3) is 0.647. The number of ether oxygens (including phenoxy) is 1. The molecule has 1 saturated carbocycles. The minimum Gasteiger partial charge on any atom is -0.399 e. The van der Waals surface area contributed by atoms with Gasteiger partial charge in [-0.3, -0.25) is 4.90 Å². The first-order chi connectivity index (χ1) is 9.74. The topological polar surface area (TPSA) is 38.5 Å². The molecule has 0 aromatic heterocycles. The van der Waals surface area contributed by atoms with E-state index >= 15 is 0 Å². The first-order valence-corrected chi connectivity index (χ1v) is 7.95. The number of hydrogen-bond acceptors (Lipinski definition) is 3. The lowest BCUT2D eigenvalue weighted by Crippen LogP contribution is -2.48. The molecular weight excluding hydrogens is 248 g/mol. The molecule has 0 bridgehead atoms. The number of nitrogens with zero attached hydrogens (tertiary/aromatic N) is 1. The van der Waals surface area contributed by atoms with Crippen LogP contribution >= 0.6 is 0 Å². The molecule has 1 aliphatic heterocycles. The predicted octanol–water partition coefficient (Wildman–Crippen LogP) is 3.02. The highest BCUT2D eigenvalue weighted by Gasteiger charge is 2.35. The van der Waals surface area contributed by atoms with Crippen molar-refractivity contribution in [2.24, 2.45) is 0 Å². The van der Waals surface area contributed by atoms with Crippen LogP contribution in [0, 0.1) is 0 Å². The molecule has 3 atom stereocenters. The number of hydrogen-bond donors (Lipinski definition) is 1. The molecule has 2 N–H and O–H groups in total. The third-order valence-corrected chi connectivity index (χ3v) is 4.95. The zero-order valence-corrected chi connectivity index (χ0v) is 12.4. The molecular formula is C17H26N2O. The van der Waals surface area contributed by atoms with Crippen LogP contribution in [0.2, 0.25) is 0 Å². The summed E-state index contributed by atoms with van der Waals surface area (Å²) in [6.07, 6.45) is 5.64. The smallest absolute Gasteiger partial charge is 0.0730 e. The van der Waals surface area contributed by atoms with Crippen molar-refractivity contribution in [3.8, 4) is 0 Å². The van der Waals surface area contributed by atoms with Crippen LogP contribution in [0.3, 0.4) is 0 Å². The fourth-order valence-electron chi connectivity index (χ4n) is 3.63. The van der Waals surface area contributed by atoms with Gasteiger partial charge in [0.2, 0.25) is 0 Å². The van der Waals surface area contributed by atoms with Crippen molar-refractivity contribution in [2.45, 2.75) is 50.7 Å². The first kappa shape index (κ1) is 13.9. The Balaban J connectivity index is 1.54. The van der Waals surface area contributed by atoms with Gasteiger partial charge in [0.15, 0.2) is 0 Å². The molecule has 1 saturated heterocycles. The minimum absolute atomic E-state index is 0.510. The Morgan fingerprint density at radius 2 is 2.10 bits per heavy atom. The van der Waals surface area contributed by atoms with E-state index in [0.29, 0.717) is 18.1 Å². The molecule has 3 nitrogen and oxygen atoms in total. The van der Waals surface area contributed by atoms with Gasteiger partial charge in [-0.1, -0.05) is 19.1 Å². The van der Waals surface area contributed by atoms with Gasteiger partial charge in [0.25, 0.3) is 0 Å². The van der Waals surface area contributed by atoms with Gasteiger partial charge in [0, 0.05) is 18.3 Å². The molecule has 0 spiro atoms. The van der Waals surface area contributed by atoms with Gasteiger partial charge < -0.3 is 10.5 Å². The number of nitrogen functional groups attached to an aromatic ring is 1. The standard InChI is InChI=1S/C17H26N2O/c1-13(14-5-7-15(18)8-6-14)9-10-19-11-12-20-17-4-2-3-16(17)19/h5-8,13,16-17H,2-4,9-12,18H2,1H3. The van der Waals surface area contributed by atoms with Crippen LogP contribution in [0.5, 0.6) is 0 Å². The second-order valence-electron chi connectivity index (χ2n) is 6.30. The van der Waals surface area contributed by atoms with Crippen molar-refractivity contribution in [3.05, 3.63) is 29.8 Å². The molecule has 2 fully saturated rings. The van der Waals surface area contributed by atoms with Crippen LogP contribution in [0.25, 0.3) is 0 Å². The van der Waals surface area contributed by atoms with Crippen molar-refractivity contribution in [1.82, 2.24) is 4.90 Å². The average molecular weight is 274 g/mol. The Bertz CT molecular complexity index is 431. The highest BCUT2D eigenvalue weighted by atomic mass is 16.5. The predicted molar refractivity (Wildman–Crippen MR) is 82.8 cm³/mol. The molecule has 3 heteroatoms. The van der Waals surface area contributed by atoms with Gasteiger partial charge in [0.1, 0.15) is 0 Å². The molecule has 1 heterocycles. The Hall–Kier alpha value is -1.06. The molecule has 0 amide bonds. The van der Waals surface area contributed by atoms with Crippen LogP contribution in [-0.2, 0) is 4.74 Å². The molecule has 2 aliphatic rings. The molecule has 0 radical (unpaired) electrons. The molecule has 1 aliphatic carbocycles. The lowest BCUT2D eigenvalue weighted by atomic mass is 9.96. The highest BCUT2D eigenvalue weighted by Crippen LogP contribution is 2.30. The lowest BCUT2D eigenvalue weighted by molar-refractivity contribution is -0.0560. The zero-order chi connectivity index (χ0) is 13.9. The molecule has 110 valence electrons. The van der Waals surface area contributed by atoms with Crippen molar-refractivity contribution in [2.75, 3.05) is 25.4 Å². The third-order valence-electron chi connectivity index (χ3n) is 4.95. The molecule has 20 heavy (non-hydrogen) atoms. The highest BCUT2D eigenvalue weighted by molar-refractivity contribution is 5.40. The van der Waals surface area contributed by atoms with E-state index in [1.54, 1.807) is 0 Å². The summed E-state index contributed by atoms with van der Waals surface area (Å²) in [5.41, 5.74) is 8.00. The quantitative estimate of drug-likeness (QED) is 0.858. The summed E-state index contributed by atoms with van der Waals surface area (Å²) in [5, 5.41) is 0. The molecule has 3 rings (SSSR count). The van der Waals surface area contributed by atoms with E-state index in [2.05, 4.69) is 24.0 Å². The Morgan fingerprint density at radius 3 is 2.90 bits per heavy atom. The van der Waals surface area contributed by atoms with E-state index in [1.165, 1.54) is 37.8 Å². The number of nitrogens with two attached hydrogens (primary N) is 1. The number of morpholine rings is 1. The largest absolute Gasteiger partial charge is 0.399 e. The van der Waals surface area contributed by atoms with Gasteiger partial charge in [0.05, 0.1) is 12.7 Å². The summed E-state index contributed by atoms with van der Waals surface area (Å²) in [5.74, 6) is 0.596. The minimum atomic E-state index is 0.510. The van der Waals surface area contributed by atoms with Crippen LogP contribution in [0.1, 0.15) is 44.1 Å². The van der Waals surface area contributed by atoms with Crippen molar-refractivity contribution in [3.63, 3.8) is 0 Å². The second kappa shape index (κ2) is 6.15. The number of anilines is 1. The Morgan fingerprint density at radius 1 is 1.30 bits per heavy atom. The van der Waals surface area contributed by atoms with Crippen molar-refractivity contribution >= 4 is 5.69 Å². The summed E-state index contributed by atoms with van der Waals surface area (Å²) in [4.78, 5) is 2.66. The molecule has 1 aromatic rings. The SMILES string of the molecule is CC(CCN1CCOC2CCCC21)c1ccc(N)cc1. The van der Waals surface area contributed by atoms with Crippen LogP contribution in [0.15, 0.2) is 24.3 Å². The van der Waals surface area contributed by atoms with Crippen LogP contribution in [0.4, 0.5) is 5.69 Å². The molecule has 3 unspecified atom stereocenters. The van der Waals surface area contributed by atoms with E-state index in [1.807, 2.05) is 12.1 Å². The summed E-state index contributed by atoms with van der Waals surface area (Å²) >= 11 is 0. The average Bonchev–Trinajstić information content (AvgIpc) is 2.94. The maximum absolute atomic E-state index is 5.88. The monoisotopic (exact) mass is 274 g/mol. The van der Waals surface area contributed by atoms with Crippen molar-refractivity contribution < 1.29 is 4.74 Å². The normalized spacial score (nSPS) is 28.2. The van der Waals surface area contributed by atoms with E-state index in [-0.39, 0.29) is 0 Å². The van der Waals surface area contributed by atoms with Gasteiger partial charge in [-0.25, -0.2) is 0 Å². The maximum atomic E-state index is 5.88. The summed E-state index contributed by atoms with van der Waals surface area (Å²) in [7, 11) is 0. The zero-order valence-electron chi connectivity index (χ0n) is 12.4. The van der Waals surface area contributed by atoms with Crippen LogP contribution < -0.4 is 5.73 Å². The van der Waals surface area contributed by atoms with E-state index in [9.17, 15) is 0 Å². The van der Waals surface area contributed by atoms with Gasteiger partial charge in [-0.05, 0) is 55.8 Å². The van der Waals surface area contributed by atoms with Gasteiger partial charge >= 0.3 is 0 Å². The van der Waals surface area contributed by atoms with Gasteiger partial charge in [-0.2, -0.15) is 0 Å². The third kappa shape index (κ3) is 2.99. The fourth-order valence-corrected chi connectivity index (χ4v) is 3.63.